The van der Waals surface area contributed by atoms with Crippen LogP contribution in [-0.2, 0) is 4.79 Å². The van der Waals surface area contributed by atoms with E-state index >= 15 is 0 Å². The van der Waals surface area contributed by atoms with Gasteiger partial charge in [-0.1, -0.05) is 30.3 Å². The molecular weight excluding hydrogens is 292 g/mol. The van der Waals surface area contributed by atoms with Crippen LogP contribution in [0.2, 0.25) is 0 Å². The highest BCUT2D eigenvalue weighted by molar-refractivity contribution is 5.89. The van der Waals surface area contributed by atoms with E-state index in [2.05, 4.69) is 0 Å². The van der Waals surface area contributed by atoms with Gasteiger partial charge < -0.3 is 14.2 Å². The van der Waals surface area contributed by atoms with Crippen molar-refractivity contribution in [2.45, 2.75) is 13.8 Å². The average molecular weight is 312 g/mol. The molecule has 0 fully saturated rings. The normalized spacial score (nSPS) is 10.5. The molecule has 0 aliphatic carbocycles. The van der Waals surface area contributed by atoms with E-state index in [1.807, 2.05) is 44.2 Å². The Balaban J connectivity index is 2.08. The highest BCUT2D eigenvalue weighted by atomic mass is 16.6. The maximum absolute atomic E-state index is 12.0. The molecule has 4 heteroatoms. The molecule has 0 unspecified atom stereocenters. The molecule has 0 N–H and O–H groups in total. The van der Waals surface area contributed by atoms with Crippen molar-refractivity contribution >= 4 is 12.0 Å². The van der Waals surface area contributed by atoms with Gasteiger partial charge in [0.1, 0.15) is 5.75 Å². The van der Waals surface area contributed by atoms with Crippen LogP contribution in [0, 0.1) is 0 Å². The Kier molecular flexibility index (Phi) is 6.24. The number of benzene rings is 2. The maximum Gasteiger partial charge on any atom is 0.336 e. The van der Waals surface area contributed by atoms with Crippen LogP contribution in [0.5, 0.6) is 17.2 Å². The first-order valence-corrected chi connectivity index (χ1v) is 7.58. The van der Waals surface area contributed by atoms with Crippen molar-refractivity contribution in [2.24, 2.45) is 0 Å². The summed E-state index contributed by atoms with van der Waals surface area (Å²) < 4.78 is 16.3. The molecule has 0 aliphatic heterocycles. The molecule has 0 radical (unpaired) electrons. The van der Waals surface area contributed by atoms with Crippen LogP contribution < -0.4 is 14.2 Å². The third-order valence-corrected chi connectivity index (χ3v) is 2.98. The van der Waals surface area contributed by atoms with Crippen molar-refractivity contribution in [1.82, 2.24) is 0 Å². The second kappa shape index (κ2) is 8.63. The third-order valence-electron chi connectivity index (χ3n) is 2.98. The Bertz CT molecular complexity index is 677. The lowest BCUT2D eigenvalue weighted by Crippen LogP contribution is -2.05. The minimum atomic E-state index is -0.469. The molecule has 120 valence electrons. The lowest BCUT2D eigenvalue weighted by atomic mass is 10.2. The standard InChI is InChI=1S/C19H20O4/c1-3-21-16-10-6-5-9-15(16)13-14-19(20)23-18-12-8-7-11-17(18)22-4-2/h5-14H,3-4H2,1-2H3/b14-13+. The fraction of sp³-hybridized carbons (Fsp3) is 0.211. The van der Waals surface area contributed by atoms with E-state index in [0.717, 1.165) is 11.3 Å². The number of esters is 1. The van der Waals surface area contributed by atoms with Crippen molar-refractivity contribution in [3.05, 3.63) is 60.2 Å². The van der Waals surface area contributed by atoms with E-state index in [-0.39, 0.29) is 0 Å². The third kappa shape index (κ3) is 4.88. The van der Waals surface area contributed by atoms with E-state index in [1.54, 1.807) is 24.3 Å². The molecule has 0 atom stereocenters. The number of rotatable bonds is 7. The van der Waals surface area contributed by atoms with Crippen LogP contribution in [0.3, 0.4) is 0 Å². The minimum absolute atomic E-state index is 0.405. The molecule has 2 aromatic carbocycles. The number of hydrogen-bond donors (Lipinski definition) is 0. The van der Waals surface area contributed by atoms with Gasteiger partial charge in [-0.05, 0) is 38.1 Å². The van der Waals surface area contributed by atoms with Crippen molar-refractivity contribution in [2.75, 3.05) is 13.2 Å². The van der Waals surface area contributed by atoms with Gasteiger partial charge in [0.05, 0.1) is 13.2 Å². The van der Waals surface area contributed by atoms with E-state index in [9.17, 15) is 4.79 Å². The fourth-order valence-corrected chi connectivity index (χ4v) is 2.01. The lowest BCUT2D eigenvalue weighted by Gasteiger charge is -2.09. The second-order valence-electron chi connectivity index (χ2n) is 4.61. The molecular formula is C19H20O4. The Labute approximate surface area is 136 Å². The smallest absolute Gasteiger partial charge is 0.336 e. The zero-order valence-corrected chi connectivity index (χ0v) is 13.3. The van der Waals surface area contributed by atoms with Crippen molar-refractivity contribution in [3.63, 3.8) is 0 Å². The summed E-state index contributed by atoms with van der Waals surface area (Å²) in [5, 5.41) is 0. The molecule has 0 bridgehead atoms. The topological polar surface area (TPSA) is 44.8 Å². The van der Waals surface area contributed by atoms with E-state index in [4.69, 9.17) is 14.2 Å². The Morgan fingerprint density at radius 3 is 2.13 bits per heavy atom. The molecule has 0 heterocycles. The van der Waals surface area contributed by atoms with Gasteiger partial charge in [-0.2, -0.15) is 0 Å². The second-order valence-corrected chi connectivity index (χ2v) is 4.61. The summed E-state index contributed by atoms with van der Waals surface area (Å²) in [6.07, 6.45) is 3.05. The highest BCUT2D eigenvalue weighted by Gasteiger charge is 2.07. The first-order valence-electron chi connectivity index (χ1n) is 7.58. The van der Waals surface area contributed by atoms with E-state index in [1.165, 1.54) is 6.08 Å². The van der Waals surface area contributed by atoms with Crippen LogP contribution in [0.4, 0.5) is 0 Å². The van der Waals surface area contributed by atoms with Gasteiger partial charge in [0, 0.05) is 11.6 Å². The number of ether oxygens (including phenoxy) is 3. The summed E-state index contributed by atoms with van der Waals surface area (Å²) in [4.78, 5) is 12.0. The molecule has 0 saturated heterocycles. The fourth-order valence-electron chi connectivity index (χ4n) is 2.01. The van der Waals surface area contributed by atoms with Crippen molar-refractivity contribution in [1.29, 1.82) is 0 Å². The predicted molar refractivity (Wildman–Crippen MR) is 89.9 cm³/mol. The summed E-state index contributed by atoms with van der Waals surface area (Å²) in [5.74, 6) is 1.21. The molecule has 0 aliphatic rings. The molecule has 2 rings (SSSR count). The molecule has 0 spiro atoms. The Morgan fingerprint density at radius 2 is 1.43 bits per heavy atom. The largest absolute Gasteiger partial charge is 0.493 e. The van der Waals surface area contributed by atoms with Crippen LogP contribution in [0.25, 0.3) is 6.08 Å². The number of hydrogen-bond acceptors (Lipinski definition) is 4. The number of para-hydroxylation sites is 3. The van der Waals surface area contributed by atoms with Gasteiger partial charge in [-0.25, -0.2) is 4.79 Å². The summed E-state index contributed by atoms with van der Waals surface area (Å²) >= 11 is 0. The van der Waals surface area contributed by atoms with Crippen molar-refractivity contribution in [3.8, 4) is 17.2 Å². The Hall–Kier alpha value is -2.75. The van der Waals surface area contributed by atoms with Crippen LogP contribution >= 0.6 is 0 Å². The van der Waals surface area contributed by atoms with E-state index in [0.29, 0.717) is 24.7 Å². The van der Waals surface area contributed by atoms with Gasteiger partial charge in [0.25, 0.3) is 0 Å². The van der Waals surface area contributed by atoms with Gasteiger partial charge in [0.15, 0.2) is 11.5 Å². The zero-order valence-electron chi connectivity index (χ0n) is 13.3. The van der Waals surface area contributed by atoms with Crippen LogP contribution in [0.1, 0.15) is 19.4 Å². The first kappa shape index (κ1) is 16.6. The first-order chi connectivity index (χ1) is 11.2. The lowest BCUT2D eigenvalue weighted by molar-refractivity contribution is -0.129. The minimum Gasteiger partial charge on any atom is -0.493 e. The predicted octanol–water partition coefficient (Wildman–Crippen LogP) is 4.10. The molecule has 0 aromatic heterocycles. The summed E-state index contributed by atoms with van der Waals surface area (Å²) in [5.41, 5.74) is 0.824. The van der Waals surface area contributed by atoms with Crippen LogP contribution in [0.15, 0.2) is 54.6 Å². The van der Waals surface area contributed by atoms with Gasteiger partial charge in [-0.15, -0.1) is 0 Å². The monoisotopic (exact) mass is 312 g/mol. The van der Waals surface area contributed by atoms with Crippen molar-refractivity contribution < 1.29 is 19.0 Å². The van der Waals surface area contributed by atoms with E-state index < -0.39 is 5.97 Å². The SMILES string of the molecule is CCOc1ccccc1/C=C/C(=O)Oc1ccccc1OCC. The zero-order chi connectivity index (χ0) is 16.5. The highest BCUT2D eigenvalue weighted by Crippen LogP contribution is 2.26. The van der Waals surface area contributed by atoms with Gasteiger partial charge in [-0.3, -0.25) is 0 Å². The number of carbonyl (C=O) groups excluding carboxylic acids is 1. The quantitative estimate of drug-likeness (QED) is 0.438. The average Bonchev–Trinajstić information content (AvgIpc) is 2.56. The summed E-state index contributed by atoms with van der Waals surface area (Å²) in [6.45, 7) is 4.87. The molecule has 4 nitrogen and oxygen atoms in total. The molecule has 0 amide bonds. The molecule has 23 heavy (non-hydrogen) atoms. The summed E-state index contributed by atoms with van der Waals surface area (Å²) in [7, 11) is 0. The molecule has 2 aromatic rings. The van der Waals surface area contributed by atoms with Crippen LogP contribution in [-0.4, -0.2) is 19.2 Å². The molecule has 0 saturated carbocycles. The summed E-state index contributed by atoms with van der Waals surface area (Å²) in [6, 6.07) is 14.6. The maximum atomic E-state index is 12.0. The van der Waals surface area contributed by atoms with Gasteiger partial charge in [0.2, 0.25) is 0 Å². The van der Waals surface area contributed by atoms with Gasteiger partial charge >= 0.3 is 5.97 Å². The Morgan fingerprint density at radius 1 is 0.870 bits per heavy atom. The number of carbonyl (C=O) groups is 1.